The molecule has 1 saturated heterocycles. The van der Waals surface area contributed by atoms with Crippen LogP contribution in [0.15, 0.2) is 47.1 Å². The second kappa shape index (κ2) is 6.63. The summed E-state index contributed by atoms with van der Waals surface area (Å²) in [5.41, 5.74) is 0.882. The summed E-state index contributed by atoms with van der Waals surface area (Å²) in [6.07, 6.45) is 5.06. The zero-order valence-electron chi connectivity index (χ0n) is 14.0. The van der Waals surface area contributed by atoms with E-state index in [0.717, 1.165) is 48.4 Å². The number of hydrogen-bond donors (Lipinski definition) is 0. The van der Waals surface area contributed by atoms with Crippen LogP contribution >= 0.6 is 0 Å². The van der Waals surface area contributed by atoms with Gasteiger partial charge in [0, 0.05) is 25.7 Å². The van der Waals surface area contributed by atoms with Crippen molar-refractivity contribution in [3.63, 3.8) is 0 Å². The van der Waals surface area contributed by atoms with Gasteiger partial charge in [-0.2, -0.15) is 0 Å². The monoisotopic (exact) mass is 338 g/mol. The molecule has 0 radical (unpaired) electrons. The Labute approximate surface area is 145 Å². The fraction of sp³-hybridized carbons (Fsp3) is 0.316. The standard InChI is InChI=1S/C19H19FN4O/c1-13-21-7-5-18(23-13)24-8-6-15(12-24)19-22-11-17(25-19)10-14-3-2-4-16(20)9-14/h2-5,7,9,11,15H,6,8,10,12H2,1H3. The molecule has 0 spiro atoms. The number of aromatic nitrogens is 3. The summed E-state index contributed by atoms with van der Waals surface area (Å²) in [6, 6.07) is 8.50. The fourth-order valence-corrected chi connectivity index (χ4v) is 3.23. The minimum Gasteiger partial charge on any atom is -0.445 e. The highest BCUT2D eigenvalue weighted by Crippen LogP contribution is 2.30. The lowest BCUT2D eigenvalue weighted by atomic mass is 10.1. The molecule has 25 heavy (non-hydrogen) atoms. The van der Waals surface area contributed by atoms with Gasteiger partial charge in [0.15, 0.2) is 5.89 Å². The van der Waals surface area contributed by atoms with Crippen molar-refractivity contribution in [2.45, 2.75) is 25.7 Å². The largest absolute Gasteiger partial charge is 0.445 e. The number of rotatable bonds is 4. The molecule has 3 heterocycles. The molecule has 3 aromatic rings. The first-order valence-electron chi connectivity index (χ1n) is 8.41. The van der Waals surface area contributed by atoms with Crippen molar-refractivity contribution in [3.8, 4) is 0 Å². The lowest BCUT2D eigenvalue weighted by Crippen LogP contribution is -2.20. The van der Waals surface area contributed by atoms with Crippen LogP contribution in [0, 0.1) is 12.7 Å². The van der Waals surface area contributed by atoms with E-state index in [0.29, 0.717) is 6.42 Å². The van der Waals surface area contributed by atoms with E-state index in [4.69, 9.17) is 4.42 Å². The van der Waals surface area contributed by atoms with Crippen molar-refractivity contribution in [2.24, 2.45) is 0 Å². The molecule has 1 fully saturated rings. The summed E-state index contributed by atoms with van der Waals surface area (Å²) in [5.74, 6) is 3.24. The Hall–Kier alpha value is -2.76. The number of oxazole rings is 1. The third-order valence-corrected chi connectivity index (χ3v) is 4.46. The molecule has 1 aliphatic heterocycles. The summed E-state index contributed by atoms with van der Waals surface area (Å²) < 4.78 is 19.2. The normalized spacial score (nSPS) is 17.2. The summed E-state index contributed by atoms with van der Waals surface area (Å²) in [5, 5.41) is 0. The number of halogens is 1. The van der Waals surface area contributed by atoms with Gasteiger partial charge in [0.25, 0.3) is 0 Å². The Bertz CT molecular complexity index is 879. The predicted octanol–water partition coefficient (Wildman–Crippen LogP) is 3.50. The van der Waals surface area contributed by atoms with E-state index in [1.54, 1.807) is 18.5 Å². The van der Waals surface area contributed by atoms with Crippen molar-refractivity contribution in [3.05, 3.63) is 71.6 Å². The van der Waals surface area contributed by atoms with Gasteiger partial charge >= 0.3 is 0 Å². The van der Waals surface area contributed by atoms with Crippen molar-refractivity contribution in [1.82, 2.24) is 15.0 Å². The third kappa shape index (κ3) is 3.52. The van der Waals surface area contributed by atoms with Gasteiger partial charge in [0.05, 0.1) is 12.1 Å². The number of aryl methyl sites for hydroxylation is 1. The van der Waals surface area contributed by atoms with E-state index in [9.17, 15) is 4.39 Å². The summed E-state index contributed by atoms with van der Waals surface area (Å²) in [7, 11) is 0. The quantitative estimate of drug-likeness (QED) is 0.729. The first-order chi connectivity index (χ1) is 12.2. The van der Waals surface area contributed by atoms with Gasteiger partial charge in [-0.15, -0.1) is 0 Å². The van der Waals surface area contributed by atoms with Gasteiger partial charge in [0.1, 0.15) is 23.2 Å². The van der Waals surface area contributed by atoms with Crippen LogP contribution in [0.25, 0.3) is 0 Å². The molecule has 0 aliphatic carbocycles. The van der Waals surface area contributed by atoms with Crippen LogP contribution in [0.2, 0.25) is 0 Å². The van der Waals surface area contributed by atoms with Crippen LogP contribution in [-0.2, 0) is 6.42 Å². The second-order valence-electron chi connectivity index (χ2n) is 6.37. The molecule has 2 aromatic heterocycles. The predicted molar refractivity (Wildman–Crippen MR) is 92.0 cm³/mol. The Morgan fingerprint density at radius 2 is 2.20 bits per heavy atom. The van der Waals surface area contributed by atoms with E-state index >= 15 is 0 Å². The maximum absolute atomic E-state index is 13.3. The molecule has 4 rings (SSSR count). The molecule has 1 unspecified atom stereocenters. The average Bonchev–Trinajstić information content (AvgIpc) is 3.24. The summed E-state index contributed by atoms with van der Waals surface area (Å²) >= 11 is 0. The highest BCUT2D eigenvalue weighted by molar-refractivity contribution is 5.39. The van der Waals surface area contributed by atoms with Crippen LogP contribution < -0.4 is 4.90 Å². The van der Waals surface area contributed by atoms with Crippen LogP contribution in [0.1, 0.15) is 35.4 Å². The summed E-state index contributed by atoms with van der Waals surface area (Å²) in [6.45, 7) is 3.64. The molecule has 0 N–H and O–H groups in total. The molecule has 6 heteroatoms. The SMILES string of the molecule is Cc1nccc(N2CCC(c3ncc(Cc4cccc(F)c4)o3)C2)n1. The van der Waals surface area contributed by atoms with Gasteiger partial charge in [-0.05, 0) is 37.1 Å². The highest BCUT2D eigenvalue weighted by atomic mass is 19.1. The highest BCUT2D eigenvalue weighted by Gasteiger charge is 2.28. The van der Waals surface area contributed by atoms with Crippen LogP contribution in [0.5, 0.6) is 0 Å². The van der Waals surface area contributed by atoms with Gasteiger partial charge in [0.2, 0.25) is 0 Å². The van der Waals surface area contributed by atoms with E-state index < -0.39 is 0 Å². The Kier molecular flexibility index (Phi) is 4.17. The molecule has 1 aromatic carbocycles. The Morgan fingerprint density at radius 1 is 1.28 bits per heavy atom. The molecular formula is C19H19FN4O. The average molecular weight is 338 g/mol. The molecule has 1 aliphatic rings. The maximum Gasteiger partial charge on any atom is 0.199 e. The fourth-order valence-electron chi connectivity index (χ4n) is 3.23. The van der Waals surface area contributed by atoms with Crippen molar-refractivity contribution < 1.29 is 8.81 Å². The number of anilines is 1. The van der Waals surface area contributed by atoms with E-state index in [1.807, 2.05) is 19.1 Å². The van der Waals surface area contributed by atoms with Gasteiger partial charge in [-0.25, -0.2) is 19.3 Å². The molecule has 0 bridgehead atoms. The number of benzene rings is 1. The van der Waals surface area contributed by atoms with Gasteiger partial charge in [-0.1, -0.05) is 12.1 Å². The zero-order chi connectivity index (χ0) is 17.2. The summed E-state index contributed by atoms with van der Waals surface area (Å²) in [4.78, 5) is 15.3. The Balaban J connectivity index is 1.44. The molecule has 0 amide bonds. The van der Waals surface area contributed by atoms with E-state index in [1.165, 1.54) is 12.1 Å². The first kappa shape index (κ1) is 15.7. The smallest absolute Gasteiger partial charge is 0.199 e. The van der Waals surface area contributed by atoms with Gasteiger partial charge < -0.3 is 9.32 Å². The van der Waals surface area contributed by atoms with Crippen LogP contribution in [0.3, 0.4) is 0 Å². The lowest BCUT2D eigenvalue weighted by Gasteiger charge is -2.16. The number of hydrogen-bond acceptors (Lipinski definition) is 5. The van der Waals surface area contributed by atoms with Crippen LogP contribution in [0.4, 0.5) is 10.2 Å². The van der Waals surface area contributed by atoms with E-state index in [-0.39, 0.29) is 11.7 Å². The molecule has 0 saturated carbocycles. The van der Waals surface area contributed by atoms with Crippen molar-refractivity contribution in [2.75, 3.05) is 18.0 Å². The maximum atomic E-state index is 13.3. The zero-order valence-corrected chi connectivity index (χ0v) is 14.0. The number of nitrogens with zero attached hydrogens (tertiary/aromatic N) is 4. The first-order valence-corrected chi connectivity index (χ1v) is 8.41. The molecular weight excluding hydrogens is 319 g/mol. The van der Waals surface area contributed by atoms with Gasteiger partial charge in [-0.3, -0.25) is 0 Å². The van der Waals surface area contributed by atoms with Crippen molar-refractivity contribution >= 4 is 5.82 Å². The minimum absolute atomic E-state index is 0.233. The molecule has 1 atom stereocenters. The molecule has 5 nitrogen and oxygen atoms in total. The lowest BCUT2D eigenvalue weighted by molar-refractivity contribution is 0.432. The van der Waals surface area contributed by atoms with Crippen LogP contribution in [-0.4, -0.2) is 28.0 Å². The van der Waals surface area contributed by atoms with E-state index in [2.05, 4.69) is 19.9 Å². The minimum atomic E-state index is -0.233. The third-order valence-electron chi connectivity index (χ3n) is 4.46. The van der Waals surface area contributed by atoms with Crippen molar-refractivity contribution in [1.29, 1.82) is 0 Å². The molecule has 128 valence electrons. The Morgan fingerprint density at radius 3 is 3.04 bits per heavy atom. The topological polar surface area (TPSA) is 55.1 Å². The second-order valence-corrected chi connectivity index (χ2v) is 6.37.